The van der Waals surface area contributed by atoms with E-state index in [9.17, 15) is 0 Å². The van der Waals surface area contributed by atoms with Crippen molar-refractivity contribution >= 4 is 65.2 Å². The molecule has 270 valence electrons. The lowest BCUT2D eigenvalue weighted by Crippen LogP contribution is -2.01. The molecule has 0 bridgehead atoms. The number of para-hydroxylation sites is 2. The average molecular weight is 740 g/mol. The first kappa shape index (κ1) is 32.4. The summed E-state index contributed by atoms with van der Waals surface area (Å²) in [7, 11) is 0. The lowest BCUT2D eigenvalue weighted by Gasteiger charge is -2.12. The minimum atomic E-state index is 0.617. The van der Waals surface area contributed by atoms with Gasteiger partial charge in [-0.25, -0.2) is 15.0 Å². The Morgan fingerprint density at radius 3 is 1.48 bits per heavy atom. The average Bonchev–Trinajstić information content (AvgIpc) is 3.83. The first-order valence-electron chi connectivity index (χ1n) is 19.6. The fraction of sp³-hybridized carbons (Fsp3) is 0. The zero-order chi connectivity index (χ0) is 38.2. The number of rotatable bonds is 5. The summed E-state index contributed by atoms with van der Waals surface area (Å²) in [5, 5.41) is 9.71. The molecule has 3 heterocycles. The van der Waals surface area contributed by atoms with E-state index < -0.39 is 0 Å². The molecule has 0 fully saturated rings. The molecule has 5 heteroatoms. The van der Waals surface area contributed by atoms with E-state index in [4.69, 9.17) is 15.0 Å². The normalized spacial score (nSPS) is 11.8. The molecule has 0 aliphatic carbocycles. The van der Waals surface area contributed by atoms with Gasteiger partial charge in [-0.15, -0.1) is 0 Å². The Bertz CT molecular complexity index is 3470. The molecule has 12 rings (SSSR count). The summed E-state index contributed by atoms with van der Waals surface area (Å²) in [6.45, 7) is 0. The van der Waals surface area contributed by atoms with Gasteiger partial charge in [0.25, 0.3) is 0 Å². The predicted octanol–water partition coefficient (Wildman–Crippen LogP) is 13.4. The second-order valence-corrected chi connectivity index (χ2v) is 14.8. The lowest BCUT2D eigenvalue weighted by atomic mass is 10.00. The van der Waals surface area contributed by atoms with Crippen molar-refractivity contribution in [2.75, 3.05) is 0 Å². The summed E-state index contributed by atoms with van der Waals surface area (Å²) in [6, 6.07) is 70.8. The summed E-state index contributed by atoms with van der Waals surface area (Å²) < 4.78 is 4.72. The SMILES string of the molecule is c1ccc(-c2nc(-c3cccc(-n4c5ccc6ccccc6c5c5c6ccccc6ccc54)c3)nc(-c3cccc4c3c3ccccc3n4-c3ccccc3)n2)cc1. The standard InChI is InChI=1S/C53H33N5/c1-3-17-36(18-4-1)51-54-52(56-53(55-51)43-26-14-28-45-48(43)42-25-11-12-27-44(42)57(45)38-20-5-2-6-21-38)37-19-13-22-39(33-37)58-46-31-29-34-15-7-9-23-40(34)49(46)50-41-24-10-8-16-35(41)30-32-47(50)58/h1-33H. The van der Waals surface area contributed by atoms with Crippen molar-refractivity contribution in [3.8, 4) is 45.5 Å². The van der Waals surface area contributed by atoms with Crippen LogP contribution in [0.25, 0.3) is 111 Å². The summed E-state index contributed by atoms with van der Waals surface area (Å²) in [5.74, 6) is 1.88. The maximum atomic E-state index is 5.33. The first-order chi connectivity index (χ1) is 28.8. The van der Waals surface area contributed by atoms with Gasteiger partial charge in [0.15, 0.2) is 17.5 Å². The van der Waals surface area contributed by atoms with Crippen molar-refractivity contribution < 1.29 is 0 Å². The molecule has 9 aromatic carbocycles. The topological polar surface area (TPSA) is 48.5 Å². The van der Waals surface area contributed by atoms with E-state index in [-0.39, 0.29) is 0 Å². The molecule has 0 aliphatic rings. The van der Waals surface area contributed by atoms with Crippen molar-refractivity contribution in [3.63, 3.8) is 0 Å². The Hall–Kier alpha value is -7.89. The molecule has 0 radical (unpaired) electrons. The fourth-order valence-corrected chi connectivity index (χ4v) is 9.01. The van der Waals surface area contributed by atoms with Crippen molar-refractivity contribution in [1.29, 1.82) is 0 Å². The highest BCUT2D eigenvalue weighted by Gasteiger charge is 2.21. The zero-order valence-electron chi connectivity index (χ0n) is 31.3. The third-order valence-corrected chi connectivity index (χ3v) is 11.5. The molecular formula is C53H33N5. The Morgan fingerprint density at radius 2 is 0.776 bits per heavy atom. The van der Waals surface area contributed by atoms with Gasteiger partial charge in [-0.05, 0) is 70.1 Å². The van der Waals surface area contributed by atoms with Crippen molar-refractivity contribution in [2.24, 2.45) is 0 Å². The molecule has 0 aliphatic heterocycles. The smallest absolute Gasteiger partial charge is 0.164 e. The molecule has 0 saturated carbocycles. The number of hydrogen-bond donors (Lipinski definition) is 0. The van der Waals surface area contributed by atoms with Gasteiger partial charge in [-0.2, -0.15) is 0 Å². The Labute approximate surface area is 333 Å². The highest BCUT2D eigenvalue weighted by atomic mass is 15.0. The van der Waals surface area contributed by atoms with E-state index in [0.717, 1.165) is 60.9 Å². The van der Waals surface area contributed by atoms with Gasteiger partial charge in [0.2, 0.25) is 0 Å². The molecule has 0 atom stereocenters. The van der Waals surface area contributed by atoms with E-state index in [2.05, 4.69) is 191 Å². The first-order valence-corrected chi connectivity index (χ1v) is 19.6. The van der Waals surface area contributed by atoms with E-state index in [1.807, 2.05) is 18.2 Å². The Morgan fingerprint density at radius 1 is 0.293 bits per heavy atom. The summed E-state index contributed by atoms with van der Waals surface area (Å²) in [6.07, 6.45) is 0. The van der Waals surface area contributed by atoms with E-state index >= 15 is 0 Å². The number of hydrogen-bond acceptors (Lipinski definition) is 3. The third kappa shape index (κ3) is 4.93. The molecule has 5 nitrogen and oxygen atoms in total. The van der Waals surface area contributed by atoms with Crippen LogP contribution in [0.5, 0.6) is 0 Å². The minimum absolute atomic E-state index is 0.617. The van der Waals surface area contributed by atoms with Gasteiger partial charge in [-0.1, -0.05) is 152 Å². The van der Waals surface area contributed by atoms with Crippen LogP contribution in [-0.4, -0.2) is 24.1 Å². The molecule has 12 aromatic rings. The highest BCUT2D eigenvalue weighted by molar-refractivity contribution is 6.28. The van der Waals surface area contributed by atoms with Crippen molar-refractivity contribution in [3.05, 3.63) is 200 Å². The van der Waals surface area contributed by atoms with Crippen LogP contribution in [0.1, 0.15) is 0 Å². The van der Waals surface area contributed by atoms with Crippen LogP contribution in [0, 0.1) is 0 Å². The van der Waals surface area contributed by atoms with E-state index in [1.54, 1.807) is 0 Å². The quantitative estimate of drug-likeness (QED) is 0.177. The molecule has 0 amide bonds. The fourth-order valence-electron chi connectivity index (χ4n) is 9.01. The predicted molar refractivity (Wildman–Crippen MR) is 240 cm³/mol. The van der Waals surface area contributed by atoms with Crippen LogP contribution in [0.2, 0.25) is 0 Å². The molecule has 3 aromatic heterocycles. The van der Waals surface area contributed by atoms with Crippen LogP contribution >= 0.6 is 0 Å². The second kappa shape index (κ2) is 12.8. The molecular weight excluding hydrogens is 707 g/mol. The van der Waals surface area contributed by atoms with Crippen LogP contribution < -0.4 is 0 Å². The van der Waals surface area contributed by atoms with Gasteiger partial charge < -0.3 is 9.13 Å². The maximum Gasteiger partial charge on any atom is 0.164 e. The van der Waals surface area contributed by atoms with Crippen LogP contribution in [0.3, 0.4) is 0 Å². The third-order valence-electron chi connectivity index (χ3n) is 11.5. The molecule has 58 heavy (non-hydrogen) atoms. The number of fused-ring (bicyclic) bond motifs is 10. The number of nitrogens with zero attached hydrogens (tertiary/aromatic N) is 5. The van der Waals surface area contributed by atoms with E-state index in [0.29, 0.717) is 17.5 Å². The zero-order valence-corrected chi connectivity index (χ0v) is 31.3. The van der Waals surface area contributed by atoms with Gasteiger partial charge in [0.05, 0.1) is 22.1 Å². The van der Waals surface area contributed by atoms with Crippen molar-refractivity contribution in [1.82, 2.24) is 24.1 Å². The van der Waals surface area contributed by atoms with Gasteiger partial charge >= 0.3 is 0 Å². The number of benzene rings is 9. The van der Waals surface area contributed by atoms with Crippen LogP contribution in [0.15, 0.2) is 200 Å². The molecule has 0 N–H and O–H groups in total. The Kier molecular flexibility index (Phi) is 7.16. The van der Waals surface area contributed by atoms with Gasteiger partial charge in [0.1, 0.15) is 0 Å². The summed E-state index contributed by atoms with van der Waals surface area (Å²) in [5.41, 5.74) is 9.50. The molecule has 0 unspecified atom stereocenters. The summed E-state index contributed by atoms with van der Waals surface area (Å²) >= 11 is 0. The Balaban J connectivity index is 1.11. The summed E-state index contributed by atoms with van der Waals surface area (Å²) in [4.78, 5) is 15.7. The number of aromatic nitrogens is 5. The van der Waals surface area contributed by atoms with Gasteiger partial charge in [0, 0.05) is 49.6 Å². The molecule has 0 spiro atoms. The lowest BCUT2D eigenvalue weighted by molar-refractivity contribution is 1.07. The largest absolute Gasteiger partial charge is 0.309 e. The van der Waals surface area contributed by atoms with Crippen molar-refractivity contribution in [2.45, 2.75) is 0 Å². The second-order valence-electron chi connectivity index (χ2n) is 14.8. The monoisotopic (exact) mass is 739 g/mol. The maximum absolute atomic E-state index is 5.33. The van der Waals surface area contributed by atoms with Gasteiger partial charge in [-0.3, -0.25) is 0 Å². The highest BCUT2D eigenvalue weighted by Crippen LogP contribution is 2.42. The molecule has 0 saturated heterocycles. The minimum Gasteiger partial charge on any atom is -0.309 e. The van der Waals surface area contributed by atoms with Crippen LogP contribution in [0.4, 0.5) is 0 Å². The van der Waals surface area contributed by atoms with E-state index in [1.165, 1.54) is 32.3 Å². The van der Waals surface area contributed by atoms with Crippen LogP contribution in [-0.2, 0) is 0 Å².